The van der Waals surface area contributed by atoms with Gasteiger partial charge in [-0.2, -0.15) is 11.8 Å². The van der Waals surface area contributed by atoms with Gasteiger partial charge in [0, 0.05) is 5.75 Å². The molecule has 5 heteroatoms. The van der Waals surface area contributed by atoms with E-state index >= 15 is 0 Å². The normalized spacial score (nSPS) is 13.1. The van der Waals surface area contributed by atoms with Crippen molar-refractivity contribution in [2.75, 3.05) is 11.5 Å². The van der Waals surface area contributed by atoms with Gasteiger partial charge >= 0.3 is 0 Å². The van der Waals surface area contributed by atoms with Crippen molar-refractivity contribution in [3.8, 4) is 0 Å². The fourth-order valence-corrected chi connectivity index (χ4v) is 1.69. The molecular weight excluding hydrogens is 198 g/mol. The Bertz CT molecular complexity index is 264. The average Bonchev–Trinajstić information content (AvgIpc) is 2.66. The van der Waals surface area contributed by atoms with Crippen molar-refractivity contribution < 1.29 is 5.11 Å². The molecule has 0 aliphatic heterocycles. The minimum Gasteiger partial charge on any atom is -0.387 e. The Labute approximate surface area is 88.7 Å². The first kappa shape index (κ1) is 11.5. The zero-order valence-corrected chi connectivity index (χ0v) is 9.50. The van der Waals surface area contributed by atoms with E-state index in [4.69, 9.17) is 0 Å². The SMILES string of the molecule is CCSCCn1cc(C(O)CC)nn1. The van der Waals surface area contributed by atoms with Gasteiger partial charge in [-0.15, -0.1) is 5.10 Å². The molecule has 0 saturated heterocycles. The summed E-state index contributed by atoms with van der Waals surface area (Å²) in [5.74, 6) is 2.17. The Morgan fingerprint density at radius 2 is 2.36 bits per heavy atom. The summed E-state index contributed by atoms with van der Waals surface area (Å²) in [6.07, 6.45) is 2.04. The van der Waals surface area contributed by atoms with Crippen molar-refractivity contribution in [1.29, 1.82) is 0 Å². The van der Waals surface area contributed by atoms with Gasteiger partial charge < -0.3 is 5.11 Å². The molecule has 0 fully saturated rings. The first-order chi connectivity index (χ1) is 6.77. The Kier molecular flexibility index (Phi) is 4.97. The number of aliphatic hydroxyl groups excluding tert-OH is 1. The molecule has 1 unspecified atom stereocenters. The molecule has 0 aliphatic carbocycles. The van der Waals surface area contributed by atoms with Gasteiger partial charge in [-0.05, 0) is 12.2 Å². The smallest absolute Gasteiger partial charge is 0.111 e. The molecule has 0 aromatic carbocycles. The molecule has 1 heterocycles. The molecule has 0 spiro atoms. The molecular formula is C9H17N3OS. The van der Waals surface area contributed by atoms with E-state index in [1.54, 1.807) is 4.68 Å². The number of aliphatic hydroxyl groups is 1. The lowest BCUT2D eigenvalue weighted by Crippen LogP contribution is -2.01. The second-order valence-corrected chi connectivity index (χ2v) is 4.42. The van der Waals surface area contributed by atoms with Crippen molar-refractivity contribution in [1.82, 2.24) is 15.0 Å². The molecule has 80 valence electrons. The lowest BCUT2D eigenvalue weighted by Gasteiger charge is -2.00. The van der Waals surface area contributed by atoms with Crippen LogP contribution in [0.25, 0.3) is 0 Å². The van der Waals surface area contributed by atoms with Gasteiger partial charge in [-0.1, -0.05) is 19.1 Å². The van der Waals surface area contributed by atoms with E-state index < -0.39 is 6.10 Å². The molecule has 1 N–H and O–H groups in total. The molecule has 0 saturated carbocycles. The second-order valence-electron chi connectivity index (χ2n) is 3.03. The van der Waals surface area contributed by atoms with E-state index in [9.17, 15) is 5.11 Å². The Morgan fingerprint density at radius 3 is 3.00 bits per heavy atom. The highest BCUT2D eigenvalue weighted by Crippen LogP contribution is 2.12. The standard InChI is InChI=1S/C9H17N3OS/c1-3-9(13)8-7-12(11-10-8)5-6-14-4-2/h7,9,13H,3-6H2,1-2H3. The Hall–Kier alpha value is -0.550. The third-order valence-corrected chi connectivity index (χ3v) is 2.83. The quantitative estimate of drug-likeness (QED) is 0.730. The van der Waals surface area contributed by atoms with E-state index in [-0.39, 0.29) is 0 Å². The van der Waals surface area contributed by atoms with Gasteiger partial charge in [0.05, 0.1) is 18.8 Å². The predicted octanol–water partition coefficient (Wildman–Crippen LogP) is 1.47. The minimum absolute atomic E-state index is 0.470. The van der Waals surface area contributed by atoms with E-state index in [0.717, 1.165) is 18.1 Å². The highest BCUT2D eigenvalue weighted by Gasteiger charge is 2.08. The lowest BCUT2D eigenvalue weighted by molar-refractivity contribution is 0.168. The van der Waals surface area contributed by atoms with Crippen LogP contribution in [0.4, 0.5) is 0 Å². The van der Waals surface area contributed by atoms with Crippen LogP contribution in [0.2, 0.25) is 0 Å². The van der Waals surface area contributed by atoms with Crippen LogP contribution in [0, 0.1) is 0 Å². The highest BCUT2D eigenvalue weighted by atomic mass is 32.2. The molecule has 0 amide bonds. The van der Waals surface area contributed by atoms with Crippen molar-refractivity contribution in [3.05, 3.63) is 11.9 Å². The molecule has 1 aromatic heterocycles. The summed E-state index contributed by atoms with van der Waals surface area (Å²) in [6, 6.07) is 0. The molecule has 0 radical (unpaired) electrons. The van der Waals surface area contributed by atoms with Crippen LogP contribution < -0.4 is 0 Å². The number of thioether (sulfide) groups is 1. The van der Waals surface area contributed by atoms with Crippen LogP contribution in [0.5, 0.6) is 0 Å². The molecule has 14 heavy (non-hydrogen) atoms. The minimum atomic E-state index is -0.470. The predicted molar refractivity (Wildman–Crippen MR) is 58.3 cm³/mol. The maximum absolute atomic E-state index is 9.49. The summed E-state index contributed by atoms with van der Waals surface area (Å²) in [4.78, 5) is 0. The third kappa shape index (κ3) is 3.31. The summed E-state index contributed by atoms with van der Waals surface area (Å²) in [6.45, 7) is 4.93. The van der Waals surface area contributed by atoms with Gasteiger partial charge in [-0.3, -0.25) is 4.68 Å². The van der Waals surface area contributed by atoms with Crippen LogP contribution in [-0.4, -0.2) is 31.6 Å². The fraction of sp³-hybridized carbons (Fsp3) is 0.778. The number of aromatic nitrogens is 3. The van der Waals surface area contributed by atoms with E-state index in [1.165, 1.54) is 0 Å². The van der Waals surface area contributed by atoms with Gasteiger partial charge in [0.1, 0.15) is 5.69 Å². The van der Waals surface area contributed by atoms with Crippen molar-refractivity contribution >= 4 is 11.8 Å². The van der Waals surface area contributed by atoms with E-state index in [0.29, 0.717) is 12.1 Å². The summed E-state index contributed by atoms with van der Waals surface area (Å²) in [7, 11) is 0. The molecule has 0 aliphatic rings. The first-order valence-corrected chi connectivity index (χ1v) is 6.09. The Balaban J connectivity index is 2.42. The number of rotatable bonds is 6. The lowest BCUT2D eigenvalue weighted by atomic mass is 10.2. The summed E-state index contributed by atoms with van der Waals surface area (Å²) in [5, 5.41) is 17.4. The summed E-state index contributed by atoms with van der Waals surface area (Å²) >= 11 is 1.88. The van der Waals surface area contributed by atoms with Gasteiger partial charge in [0.15, 0.2) is 0 Å². The third-order valence-electron chi connectivity index (χ3n) is 1.95. The number of nitrogens with zero attached hydrogens (tertiary/aromatic N) is 3. The maximum Gasteiger partial charge on any atom is 0.111 e. The van der Waals surface area contributed by atoms with E-state index in [2.05, 4.69) is 17.2 Å². The number of hydrogen-bond donors (Lipinski definition) is 1. The maximum atomic E-state index is 9.49. The average molecular weight is 215 g/mol. The first-order valence-electron chi connectivity index (χ1n) is 4.93. The van der Waals surface area contributed by atoms with Crippen LogP contribution in [0.1, 0.15) is 32.1 Å². The van der Waals surface area contributed by atoms with Crippen LogP contribution >= 0.6 is 11.8 Å². The van der Waals surface area contributed by atoms with Crippen molar-refractivity contribution in [2.45, 2.75) is 32.9 Å². The fourth-order valence-electron chi connectivity index (χ4n) is 1.09. The van der Waals surface area contributed by atoms with Crippen molar-refractivity contribution in [2.24, 2.45) is 0 Å². The molecule has 1 atom stereocenters. The van der Waals surface area contributed by atoms with Crippen LogP contribution in [0.3, 0.4) is 0 Å². The van der Waals surface area contributed by atoms with Crippen LogP contribution in [0.15, 0.2) is 6.20 Å². The number of aryl methyl sites for hydroxylation is 1. The Morgan fingerprint density at radius 1 is 1.57 bits per heavy atom. The van der Waals surface area contributed by atoms with Gasteiger partial charge in [0.2, 0.25) is 0 Å². The molecule has 1 rings (SSSR count). The molecule has 0 bridgehead atoms. The van der Waals surface area contributed by atoms with Gasteiger partial charge in [0.25, 0.3) is 0 Å². The molecule has 4 nitrogen and oxygen atoms in total. The number of hydrogen-bond acceptors (Lipinski definition) is 4. The highest BCUT2D eigenvalue weighted by molar-refractivity contribution is 7.99. The largest absolute Gasteiger partial charge is 0.387 e. The summed E-state index contributed by atoms with van der Waals surface area (Å²) < 4.78 is 1.79. The summed E-state index contributed by atoms with van der Waals surface area (Å²) in [5.41, 5.74) is 0.675. The second kappa shape index (κ2) is 6.03. The van der Waals surface area contributed by atoms with Crippen LogP contribution in [-0.2, 0) is 6.54 Å². The zero-order chi connectivity index (χ0) is 10.4. The topological polar surface area (TPSA) is 50.9 Å². The van der Waals surface area contributed by atoms with E-state index in [1.807, 2.05) is 24.9 Å². The van der Waals surface area contributed by atoms with Gasteiger partial charge in [-0.25, -0.2) is 0 Å². The van der Waals surface area contributed by atoms with Crippen molar-refractivity contribution in [3.63, 3.8) is 0 Å². The zero-order valence-electron chi connectivity index (χ0n) is 8.68. The monoisotopic (exact) mass is 215 g/mol. The molecule has 1 aromatic rings.